The van der Waals surface area contributed by atoms with E-state index in [0.717, 1.165) is 36.5 Å². The van der Waals surface area contributed by atoms with Gasteiger partial charge in [0, 0.05) is 17.3 Å². The lowest BCUT2D eigenvalue weighted by molar-refractivity contribution is 0.307. The molecule has 25 heavy (non-hydrogen) atoms. The van der Waals surface area contributed by atoms with Crippen molar-refractivity contribution in [3.05, 3.63) is 78.6 Å². The van der Waals surface area contributed by atoms with E-state index < -0.39 is 0 Å². The monoisotopic (exact) mass is 350 g/mol. The first kappa shape index (κ1) is 17.5. The molecule has 2 aromatic carbocycles. The number of hydrogen-bond acceptors (Lipinski definition) is 4. The summed E-state index contributed by atoms with van der Waals surface area (Å²) in [5.41, 5.74) is 3.64. The maximum atomic E-state index is 5.84. The van der Waals surface area contributed by atoms with Crippen LogP contribution in [0.2, 0.25) is 0 Å². The first-order valence-electron chi connectivity index (χ1n) is 8.44. The van der Waals surface area contributed by atoms with Crippen molar-refractivity contribution in [1.29, 1.82) is 0 Å². The summed E-state index contributed by atoms with van der Waals surface area (Å²) in [5, 5.41) is 5.56. The molecule has 0 aliphatic carbocycles. The fourth-order valence-corrected chi connectivity index (χ4v) is 2.93. The van der Waals surface area contributed by atoms with Gasteiger partial charge in [0.1, 0.15) is 5.75 Å². The van der Waals surface area contributed by atoms with E-state index in [1.807, 2.05) is 42.7 Å². The summed E-state index contributed by atoms with van der Waals surface area (Å²) in [6.07, 6.45) is 6.93. The highest BCUT2D eigenvalue weighted by Gasteiger charge is 2.00. The molecule has 1 aromatic heterocycles. The maximum absolute atomic E-state index is 5.84. The molecule has 0 amide bonds. The van der Waals surface area contributed by atoms with Gasteiger partial charge in [-0.15, -0.1) is 0 Å². The summed E-state index contributed by atoms with van der Waals surface area (Å²) in [6.45, 7) is 0.738. The van der Waals surface area contributed by atoms with Crippen LogP contribution in [0.5, 0.6) is 5.75 Å². The summed E-state index contributed by atoms with van der Waals surface area (Å²) >= 11 is 1.26. The second kappa shape index (κ2) is 9.25. The highest BCUT2D eigenvalue weighted by Crippen LogP contribution is 2.24. The third kappa shape index (κ3) is 5.34. The molecule has 0 aliphatic heterocycles. The fourth-order valence-electron chi connectivity index (χ4n) is 2.64. The normalized spacial score (nSPS) is 10.6. The minimum Gasteiger partial charge on any atom is -0.494 e. The zero-order valence-electron chi connectivity index (χ0n) is 14.1. The minimum absolute atomic E-state index is 0.738. The quantitative estimate of drug-likeness (QED) is 0.453. The minimum atomic E-state index is 0.738. The van der Waals surface area contributed by atoms with E-state index in [4.69, 9.17) is 9.88 Å². The van der Waals surface area contributed by atoms with Gasteiger partial charge in [-0.25, -0.2) is 0 Å². The number of nitrogens with two attached hydrogens (primary N) is 1. The number of unbranched alkanes of at least 4 members (excludes halogenated alkanes) is 1. The van der Waals surface area contributed by atoms with E-state index >= 15 is 0 Å². The number of hydrogen-bond donors (Lipinski definition) is 1. The topological polar surface area (TPSA) is 48.1 Å². The second-order valence-corrected chi connectivity index (χ2v) is 6.54. The fraction of sp³-hybridized carbons (Fsp3) is 0.190. The average molecular weight is 350 g/mol. The van der Waals surface area contributed by atoms with Crippen LogP contribution in [0, 0.1) is 0 Å². The lowest BCUT2D eigenvalue weighted by Gasteiger charge is -2.08. The highest BCUT2D eigenvalue weighted by molar-refractivity contribution is 7.97. The van der Waals surface area contributed by atoms with Crippen LogP contribution in [0.1, 0.15) is 18.4 Å². The summed E-state index contributed by atoms with van der Waals surface area (Å²) in [4.78, 5) is 5.20. The number of pyridine rings is 1. The molecule has 0 aliphatic rings. The van der Waals surface area contributed by atoms with Crippen LogP contribution < -0.4 is 9.88 Å². The van der Waals surface area contributed by atoms with E-state index in [9.17, 15) is 0 Å². The van der Waals surface area contributed by atoms with Gasteiger partial charge in [0.15, 0.2) is 0 Å². The number of rotatable bonds is 8. The molecule has 0 saturated heterocycles. The Morgan fingerprint density at radius 1 is 0.880 bits per heavy atom. The van der Waals surface area contributed by atoms with E-state index in [0.29, 0.717) is 0 Å². The third-order valence-corrected chi connectivity index (χ3v) is 4.57. The van der Waals surface area contributed by atoms with Crippen LogP contribution >= 0.6 is 11.9 Å². The second-order valence-electron chi connectivity index (χ2n) is 5.83. The van der Waals surface area contributed by atoms with Gasteiger partial charge in [-0.3, -0.25) is 10.1 Å². The Kier molecular flexibility index (Phi) is 6.48. The Hall–Kier alpha value is -2.30. The molecule has 3 nitrogen and oxygen atoms in total. The van der Waals surface area contributed by atoms with Gasteiger partial charge >= 0.3 is 0 Å². The van der Waals surface area contributed by atoms with E-state index in [2.05, 4.69) is 35.3 Å². The van der Waals surface area contributed by atoms with Gasteiger partial charge < -0.3 is 4.74 Å². The number of nitrogens with zero attached hydrogens (tertiary/aromatic N) is 1. The Bertz CT molecular complexity index is 758. The lowest BCUT2D eigenvalue weighted by Crippen LogP contribution is -1.98. The zero-order chi connectivity index (χ0) is 17.3. The largest absolute Gasteiger partial charge is 0.494 e. The van der Waals surface area contributed by atoms with E-state index in [1.165, 1.54) is 28.6 Å². The number of aromatic nitrogens is 1. The molecule has 4 heteroatoms. The number of aryl methyl sites for hydroxylation is 1. The standard InChI is InChI=1S/C21H22N2OS/c22-25-21-12-8-19(9-13-21)18-6-10-20(11-7-18)24-15-2-1-4-17-5-3-14-23-16-17/h3,5-14,16H,1-2,4,15,22H2. The van der Waals surface area contributed by atoms with Crippen molar-refractivity contribution in [1.82, 2.24) is 4.98 Å². The van der Waals surface area contributed by atoms with Crippen LogP contribution in [0.15, 0.2) is 78.0 Å². The SMILES string of the molecule is NSc1ccc(-c2ccc(OCCCCc3cccnc3)cc2)cc1. The molecule has 0 radical (unpaired) electrons. The number of ether oxygens (including phenoxy) is 1. The Balaban J connectivity index is 1.44. The average Bonchev–Trinajstić information content (AvgIpc) is 2.69. The van der Waals surface area contributed by atoms with Gasteiger partial charge in [-0.05, 0) is 78.2 Å². The molecular weight excluding hydrogens is 328 g/mol. The molecule has 2 N–H and O–H groups in total. The maximum Gasteiger partial charge on any atom is 0.119 e. The van der Waals surface area contributed by atoms with Crippen molar-refractivity contribution < 1.29 is 4.74 Å². The van der Waals surface area contributed by atoms with E-state index in [1.54, 1.807) is 0 Å². The molecule has 3 rings (SSSR count). The lowest BCUT2D eigenvalue weighted by atomic mass is 10.1. The van der Waals surface area contributed by atoms with Crippen LogP contribution in [0.25, 0.3) is 11.1 Å². The molecule has 0 spiro atoms. The van der Waals surface area contributed by atoms with Gasteiger partial charge in [0.05, 0.1) is 6.61 Å². The molecular formula is C21H22N2OS. The molecule has 128 valence electrons. The van der Waals surface area contributed by atoms with E-state index in [-0.39, 0.29) is 0 Å². The van der Waals surface area contributed by atoms with Gasteiger partial charge in [-0.1, -0.05) is 30.3 Å². The summed E-state index contributed by atoms with van der Waals surface area (Å²) < 4.78 is 5.84. The van der Waals surface area contributed by atoms with Gasteiger partial charge in [0.25, 0.3) is 0 Å². The summed E-state index contributed by atoms with van der Waals surface area (Å²) in [5.74, 6) is 0.916. The molecule has 1 heterocycles. The first-order chi connectivity index (χ1) is 12.3. The van der Waals surface area contributed by atoms with Crippen LogP contribution in [0.4, 0.5) is 0 Å². The molecule has 0 unspecified atom stereocenters. The van der Waals surface area contributed by atoms with Crippen LogP contribution in [0.3, 0.4) is 0 Å². The van der Waals surface area contributed by atoms with Crippen molar-refractivity contribution in [2.45, 2.75) is 24.2 Å². The van der Waals surface area contributed by atoms with Crippen molar-refractivity contribution in [2.75, 3.05) is 6.61 Å². The summed E-state index contributed by atoms with van der Waals surface area (Å²) in [7, 11) is 0. The molecule has 0 fully saturated rings. The van der Waals surface area contributed by atoms with Crippen molar-refractivity contribution in [3.63, 3.8) is 0 Å². The first-order valence-corrected chi connectivity index (χ1v) is 9.32. The number of benzene rings is 2. The van der Waals surface area contributed by atoms with Gasteiger partial charge in [-0.2, -0.15) is 0 Å². The van der Waals surface area contributed by atoms with Crippen molar-refractivity contribution in [3.8, 4) is 16.9 Å². The zero-order valence-corrected chi connectivity index (χ0v) is 14.9. The Morgan fingerprint density at radius 3 is 2.24 bits per heavy atom. The molecule has 0 saturated carbocycles. The summed E-state index contributed by atoms with van der Waals surface area (Å²) in [6, 6.07) is 20.6. The van der Waals surface area contributed by atoms with Gasteiger partial charge in [0.2, 0.25) is 0 Å². The highest BCUT2D eigenvalue weighted by atomic mass is 32.2. The molecule has 3 aromatic rings. The molecule has 0 bridgehead atoms. The Labute approximate surface area is 153 Å². The van der Waals surface area contributed by atoms with Crippen molar-refractivity contribution in [2.24, 2.45) is 5.14 Å². The van der Waals surface area contributed by atoms with Crippen LogP contribution in [-0.2, 0) is 6.42 Å². The van der Waals surface area contributed by atoms with Crippen molar-refractivity contribution >= 4 is 11.9 Å². The predicted molar refractivity (Wildman–Crippen MR) is 105 cm³/mol. The molecule has 0 atom stereocenters. The predicted octanol–water partition coefficient (Wildman–Crippen LogP) is 5.12. The third-order valence-electron chi connectivity index (χ3n) is 4.03. The van der Waals surface area contributed by atoms with Crippen LogP contribution in [-0.4, -0.2) is 11.6 Å². The smallest absolute Gasteiger partial charge is 0.119 e. The Morgan fingerprint density at radius 2 is 1.60 bits per heavy atom.